The summed E-state index contributed by atoms with van der Waals surface area (Å²) in [5, 5.41) is 0. The minimum atomic E-state index is -4.14. The number of phosphoric ester groups is 3. The minimum absolute atomic E-state index is 0. The second kappa shape index (κ2) is 48.3. The Hall–Kier alpha value is 1.69. The van der Waals surface area contributed by atoms with Crippen molar-refractivity contribution in [3.8, 4) is 0 Å². The zero-order valence-corrected chi connectivity index (χ0v) is 49.9. The van der Waals surface area contributed by atoms with E-state index in [-0.39, 0.29) is 80.9 Å². The molecule has 0 saturated carbocycles. The Kier molecular flexibility index (Phi) is 54.5. The van der Waals surface area contributed by atoms with Gasteiger partial charge >= 0.3 is 41.3 Å². The van der Waals surface area contributed by atoms with Crippen LogP contribution in [0.3, 0.4) is 0 Å². The van der Waals surface area contributed by atoms with E-state index in [1.165, 1.54) is 0 Å². The zero-order valence-electron chi connectivity index (χ0n) is 43.5. The summed E-state index contributed by atoms with van der Waals surface area (Å²) in [6, 6.07) is 0. The van der Waals surface area contributed by atoms with Gasteiger partial charge in [0.05, 0.1) is 39.6 Å². The van der Waals surface area contributed by atoms with E-state index in [2.05, 4.69) is 83.1 Å². The molecule has 0 aromatic rings. The van der Waals surface area contributed by atoms with Gasteiger partial charge in [0.15, 0.2) is 0 Å². The van der Waals surface area contributed by atoms with Crippen molar-refractivity contribution in [1.82, 2.24) is 0 Å². The van der Waals surface area contributed by atoms with Crippen molar-refractivity contribution in [2.45, 2.75) is 237 Å². The monoisotopic (exact) mass is 1100 g/mol. The first-order valence-electron chi connectivity index (χ1n) is 25.8. The number of phosphoric acid groups is 3. The van der Waals surface area contributed by atoms with Crippen molar-refractivity contribution in [2.75, 3.05) is 39.6 Å². The molecule has 384 valence electrons. The molecule has 0 aliphatic rings. The first-order valence-corrected chi connectivity index (χ1v) is 30.1. The molecule has 6 unspecified atom stereocenters. The van der Waals surface area contributed by atoms with Crippen LogP contribution in [0.25, 0.3) is 0 Å². The fourth-order valence-electron chi connectivity index (χ4n) is 6.68. The molecule has 0 aliphatic heterocycles. The van der Waals surface area contributed by atoms with Gasteiger partial charge < -0.3 is 41.8 Å². The van der Waals surface area contributed by atoms with Gasteiger partial charge in [0.1, 0.15) is 0 Å². The summed E-state index contributed by atoms with van der Waals surface area (Å²) < 4.78 is 65.7. The summed E-state index contributed by atoms with van der Waals surface area (Å²) >= 11 is 0. The van der Waals surface area contributed by atoms with Crippen LogP contribution in [-0.4, -0.2) is 39.6 Å². The maximum Gasteiger partial charge on any atom is 3.00 e. The number of unbranched alkanes of at least 4 members (excludes halogenated alkanes) is 6. The fourth-order valence-corrected chi connectivity index (χ4v) is 9.26. The Morgan fingerprint density at radius 2 is 0.422 bits per heavy atom. The van der Waals surface area contributed by atoms with Gasteiger partial charge in [0.25, 0.3) is 23.5 Å². The summed E-state index contributed by atoms with van der Waals surface area (Å²) in [6.45, 7) is 26.7. The quantitative estimate of drug-likeness (QED) is 0.0530. The smallest absolute Gasteiger partial charge is 0.756 e. The first kappa shape index (κ1) is 72.2. The molecule has 6 atom stereocenters. The molecule has 0 rings (SSSR count). The summed E-state index contributed by atoms with van der Waals surface area (Å²) in [4.78, 5) is 35.4. The van der Waals surface area contributed by atoms with Crippen molar-refractivity contribution in [3.05, 3.63) is 0 Å². The average Bonchev–Trinajstić information content (AvgIpc) is 3.27. The molecule has 0 saturated heterocycles. The first-order chi connectivity index (χ1) is 30.0. The molecule has 0 radical (unpaired) electrons. The van der Waals surface area contributed by atoms with Crippen molar-refractivity contribution in [3.63, 3.8) is 0 Å². The molecule has 0 spiro atoms. The zero-order chi connectivity index (χ0) is 48.4. The topological polar surface area (TPSA) is 176 Å². The van der Waals surface area contributed by atoms with Crippen LogP contribution >= 0.6 is 23.5 Å². The summed E-state index contributed by atoms with van der Waals surface area (Å²) in [7, 11) is -12.4. The Morgan fingerprint density at radius 3 is 0.516 bits per heavy atom. The molecule has 0 fully saturated rings. The Morgan fingerprint density at radius 1 is 0.297 bits per heavy atom. The van der Waals surface area contributed by atoms with Gasteiger partial charge in [-0.25, -0.2) is 0 Å². The standard InChI is InChI=1S/3C16H35O4P.Pr/c3*1-5-9-11-15(7-3)13-19-21(17,18)20-14-16(8-4)12-10-6-2;/h3*15-16H,5-14H2,1-4H3,(H,17,18);/q;;;+3/p-3. The van der Waals surface area contributed by atoms with E-state index in [9.17, 15) is 28.4 Å². The van der Waals surface area contributed by atoms with Gasteiger partial charge in [-0.05, 0) is 74.0 Å². The predicted octanol–water partition coefficient (Wildman–Crippen LogP) is 14.8. The van der Waals surface area contributed by atoms with Gasteiger partial charge in [-0.2, -0.15) is 0 Å². The van der Waals surface area contributed by atoms with Crippen molar-refractivity contribution in [2.24, 2.45) is 35.5 Å². The Labute approximate surface area is 429 Å². The molecule has 64 heavy (non-hydrogen) atoms. The van der Waals surface area contributed by atoms with Crippen LogP contribution in [0.1, 0.15) is 237 Å². The molecule has 0 amide bonds. The van der Waals surface area contributed by atoms with Crippen LogP contribution in [0.15, 0.2) is 0 Å². The van der Waals surface area contributed by atoms with E-state index >= 15 is 0 Å². The largest absolute Gasteiger partial charge is 3.00 e. The van der Waals surface area contributed by atoms with Crippen LogP contribution in [0.2, 0.25) is 0 Å². The molecule has 0 aromatic carbocycles. The van der Waals surface area contributed by atoms with Crippen LogP contribution in [0.5, 0.6) is 0 Å². The van der Waals surface area contributed by atoms with Gasteiger partial charge in [-0.15, -0.1) is 0 Å². The Balaban J connectivity index is -0.000000419. The van der Waals surface area contributed by atoms with Crippen molar-refractivity contribution < 1.29 is 96.8 Å². The van der Waals surface area contributed by atoms with Crippen molar-refractivity contribution >= 4 is 23.5 Å². The third-order valence-electron chi connectivity index (χ3n) is 12.1. The molecule has 0 bridgehead atoms. The molecule has 0 heterocycles. The average molecular weight is 1110 g/mol. The van der Waals surface area contributed by atoms with E-state index < -0.39 is 23.5 Å². The van der Waals surface area contributed by atoms with E-state index in [0.717, 1.165) is 154 Å². The molecule has 0 aromatic heterocycles. The van der Waals surface area contributed by atoms with Crippen LogP contribution in [0.4, 0.5) is 0 Å². The third-order valence-corrected chi connectivity index (χ3v) is 14.9. The maximum atomic E-state index is 11.8. The predicted molar refractivity (Wildman–Crippen MR) is 258 cm³/mol. The SMILES string of the molecule is CCCCC(CC)COP(=O)([O-])OCC(CC)CCCC.CCCCC(CC)COP(=O)([O-])OCC(CC)CCCC.CCCCC(CC)COP(=O)([O-])OCC(CC)CCCC.[Pr+3]. The molecular weight excluding hydrogens is 1000 g/mol. The third kappa shape index (κ3) is 46.1. The Bertz CT molecular complexity index is 919. The molecular formula is C48H102O12P3Pr. The number of hydrogen-bond acceptors (Lipinski definition) is 12. The van der Waals surface area contributed by atoms with Crippen molar-refractivity contribution in [1.29, 1.82) is 0 Å². The van der Waals surface area contributed by atoms with Crippen LogP contribution < -0.4 is 14.7 Å². The minimum Gasteiger partial charge on any atom is -0.756 e. The van der Waals surface area contributed by atoms with E-state index in [4.69, 9.17) is 27.1 Å². The molecule has 0 aliphatic carbocycles. The summed E-state index contributed by atoms with van der Waals surface area (Å²) in [5.74, 6) is 1.82. The van der Waals surface area contributed by atoms with Crippen LogP contribution in [0, 0.1) is 76.8 Å². The number of hydrogen-bond donors (Lipinski definition) is 0. The van der Waals surface area contributed by atoms with E-state index in [1.807, 2.05) is 0 Å². The number of rotatable bonds is 42. The second-order valence-electron chi connectivity index (χ2n) is 17.6. The summed E-state index contributed by atoms with van der Waals surface area (Å²) in [6.07, 6.45) is 25.1. The molecule has 12 nitrogen and oxygen atoms in total. The van der Waals surface area contributed by atoms with E-state index in [1.54, 1.807) is 0 Å². The molecule has 0 N–H and O–H groups in total. The van der Waals surface area contributed by atoms with Gasteiger partial charge in [0.2, 0.25) is 0 Å². The summed E-state index contributed by atoms with van der Waals surface area (Å²) in [5.41, 5.74) is 0. The van der Waals surface area contributed by atoms with Gasteiger partial charge in [-0.3, -0.25) is 13.7 Å². The van der Waals surface area contributed by atoms with Gasteiger partial charge in [0, 0.05) is 0 Å². The normalized spacial score (nSPS) is 17.1. The molecule has 16 heteroatoms. The van der Waals surface area contributed by atoms with Crippen LogP contribution in [-0.2, 0) is 40.8 Å². The second-order valence-corrected chi connectivity index (χ2v) is 21.8. The van der Waals surface area contributed by atoms with E-state index in [0.29, 0.717) is 35.5 Å². The fraction of sp³-hybridized carbons (Fsp3) is 1.00. The van der Waals surface area contributed by atoms with Gasteiger partial charge in [-0.1, -0.05) is 199 Å². The maximum absolute atomic E-state index is 11.8.